The molecule has 5 nitrogen and oxygen atoms in total. The van der Waals surface area contributed by atoms with Crippen LogP contribution in [-0.4, -0.2) is 30.1 Å². The lowest BCUT2D eigenvalue weighted by molar-refractivity contribution is 0.603. The van der Waals surface area contributed by atoms with E-state index in [4.69, 9.17) is 5.26 Å². The van der Waals surface area contributed by atoms with Crippen LogP contribution in [0.2, 0.25) is 0 Å². The van der Waals surface area contributed by atoms with Gasteiger partial charge in [-0.1, -0.05) is 0 Å². The number of nitrogens with one attached hydrogen (secondary N) is 1. The Balaban J connectivity index is 2.94. The van der Waals surface area contributed by atoms with Crippen molar-refractivity contribution >= 4 is 11.8 Å². The summed E-state index contributed by atoms with van der Waals surface area (Å²) in [7, 11) is 1.67. The highest BCUT2D eigenvalue weighted by Crippen LogP contribution is 2.17. The summed E-state index contributed by atoms with van der Waals surface area (Å²) in [6, 6.07) is 2.03. The molecule has 0 atom stereocenters. The molecular weight excluding hydrogens is 209 g/mol. The molecule has 6 heteroatoms. The van der Waals surface area contributed by atoms with E-state index in [0.29, 0.717) is 25.5 Å². The molecule has 1 heterocycles. The summed E-state index contributed by atoms with van der Waals surface area (Å²) in [5.74, 6) is 0.127. The Morgan fingerprint density at radius 2 is 2.38 bits per heavy atom. The summed E-state index contributed by atoms with van der Waals surface area (Å²) < 4.78 is 13.5. The van der Waals surface area contributed by atoms with Crippen LogP contribution in [0, 0.1) is 17.1 Å². The van der Waals surface area contributed by atoms with Gasteiger partial charge in [0.15, 0.2) is 11.6 Å². The Bertz CT molecular complexity index is 387. The Morgan fingerprint density at radius 1 is 1.62 bits per heavy atom. The Hall–Kier alpha value is -1.90. The van der Waals surface area contributed by atoms with E-state index in [0.717, 1.165) is 6.20 Å². The number of nitrogens with zero attached hydrogens (tertiary/aromatic N) is 4. The normalized spacial score (nSPS) is 9.62. The van der Waals surface area contributed by atoms with Crippen LogP contribution in [0.1, 0.15) is 13.3 Å². The highest BCUT2D eigenvalue weighted by Gasteiger charge is 2.12. The molecule has 0 radical (unpaired) electrons. The molecule has 0 saturated heterocycles. The molecule has 0 spiro atoms. The molecule has 0 saturated carbocycles. The summed E-state index contributed by atoms with van der Waals surface area (Å²) in [5.41, 5.74) is 0. The predicted molar refractivity (Wildman–Crippen MR) is 59.7 cm³/mol. The first-order valence-electron chi connectivity index (χ1n) is 5.05. The van der Waals surface area contributed by atoms with Gasteiger partial charge in [-0.25, -0.2) is 9.37 Å². The fourth-order valence-electron chi connectivity index (χ4n) is 1.30. The molecule has 86 valence electrons. The highest BCUT2D eigenvalue weighted by molar-refractivity contribution is 5.43. The molecule has 1 aromatic heterocycles. The molecule has 0 unspecified atom stereocenters. The van der Waals surface area contributed by atoms with Gasteiger partial charge < -0.3 is 10.2 Å². The minimum atomic E-state index is -0.473. The molecule has 0 aromatic carbocycles. The van der Waals surface area contributed by atoms with Gasteiger partial charge in [0.05, 0.1) is 18.7 Å². The van der Waals surface area contributed by atoms with Crippen molar-refractivity contribution in [2.75, 3.05) is 30.4 Å². The largest absolute Gasteiger partial charge is 0.357 e. The zero-order chi connectivity index (χ0) is 12.0. The van der Waals surface area contributed by atoms with Gasteiger partial charge in [0.25, 0.3) is 0 Å². The second-order valence-electron chi connectivity index (χ2n) is 3.10. The Morgan fingerprint density at radius 3 is 2.94 bits per heavy atom. The molecule has 0 aliphatic carbocycles. The molecule has 1 aromatic rings. The standard InChI is InChI=1S/C10H14FN5/c1-3-16(6-4-5-12)9-8(11)7-14-10(13-2)15-9/h7H,3-4,6H2,1-2H3,(H,13,14,15). The summed E-state index contributed by atoms with van der Waals surface area (Å²) >= 11 is 0. The van der Waals surface area contributed by atoms with E-state index in [9.17, 15) is 4.39 Å². The molecule has 0 aliphatic heterocycles. The first-order valence-corrected chi connectivity index (χ1v) is 5.05. The average Bonchev–Trinajstić information content (AvgIpc) is 2.32. The first kappa shape index (κ1) is 12.2. The second-order valence-corrected chi connectivity index (χ2v) is 3.10. The van der Waals surface area contributed by atoms with E-state index >= 15 is 0 Å². The zero-order valence-corrected chi connectivity index (χ0v) is 9.37. The summed E-state index contributed by atoms with van der Waals surface area (Å²) in [6.07, 6.45) is 1.47. The number of rotatable bonds is 5. The van der Waals surface area contributed by atoms with E-state index in [1.54, 1.807) is 11.9 Å². The lowest BCUT2D eigenvalue weighted by Gasteiger charge is -2.21. The molecular formula is C10H14FN5. The molecule has 0 aliphatic rings. The second kappa shape index (κ2) is 5.85. The first-order chi connectivity index (χ1) is 7.72. The smallest absolute Gasteiger partial charge is 0.224 e. The van der Waals surface area contributed by atoms with Gasteiger partial charge in [0, 0.05) is 20.1 Å². The monoisotopic (exact) mass is 223 g/mol. The lowest BCUT2D eigenvalue weighted by Crippen LogP contribution is -2.26. The van der Waals surface area contributed by atoms with Crippen LogP contribution in [-0.2, 0) is 0 Å². The van der Waals surface area contributed by atoms with Gasteiger partial charge in [-0.2, -0.15) is 10.2 Å². The molecule has 0 bridgehead atoms. The lowest BCUT2D eigenvalue weighted by atomic mass is 10.4. The van der Waals surface area contributed by atoms with Crippen molar-refractivity contribution in [2.45, 2.75) is 13.3 Å². The van der Waals surface area contributed by atoms with E-state index in [1.807, 2.05) is 13.0 Å². The van der Waals surface area contributed by atoms with E-state index in [-0.39, 0.29) is 5.82 Å². The van der Waals surface area contributed by atoms with Crippen molar-refractivity contribution in [1.82, 2.24) is 9.97 Å². The van der Waals surface area contributed by atoms with Crippen molar-refractivity contribution in [3.8, 4) is 6.07 Å². The van der Waals surface area contributed by atoms with Gasteiger partial charge in [-0.05, 0) is 6.92 Å². The number of aromatic nitrogens is 2. The maximum atomic E-state index is 13.5. The summed E-state index contributed by atoms with van der Waals surface area (Å²) in [5, 5.41) is 11.3. The van der Waals surface area contributed by atoms with Crippen LogP contribution >= 0.6 is 0 Å². The zero-order valence-electron chi connectivity index (χ0n) is 9.37. The van der Waals surface area contributed by atoms with E-state index in [1.165, 1.54) is 0 Å². The number of anilines is 2. The fraction of sp³-hybridized carbons (Fsp3) is 0.500. The van der Waals surface area contributed by atoms with Crippen molar-refractivity contribution in [3.05, 3.63) is 12.0 Å². The number of hydrogen-bond acceptors (Lipinski definition) is 5. The third kappa shape index (κ3) is 2.79. The van der Waals surface area contributed by atoms with Crippen LogP contribution in [0.3, 0.4) is 0 Å². The van der Waals surface area contributed by atoms with Gasteiger partial charge in [-0.3, -0.25) is 0 Å². The van der Waals surface area contributed by atoms with Crippen LogP contribution < -0.4 is 10.2 Å². The predicted octanol–water partition coefficient (Wildman–Crippen LogP) is 1.40. The third-order valence-electron chi connectivity index (χ3n) is 2.12. The van der Waals surface area contributed by atoms with E-state index in [2.05, 4.69) is 15.3 Å². The summed E-state index contributed by atoms with van der Waals surface area (Å²) in [4.78, 5) is 9.51. The quantitative estimate of drug-likeness (QED) is 0.817. The number of nitriles is 1. The topological polar surface area (TPSA) is 64.8 Å². The molecule has 0 amide bonds. The van der Waals surface area contributed by atoms with Crippen molar-refractivity contribution in [2.24, 2.45) is 0 Å². The summed E-state index contributed by atoms with van der Waals surface area (Å²) in [6.45, 7) is 2.95. The van der Waals surface area contributed by atoms with Gasteiger partial charge in [-0.15, -0.1) is 0 Å². The third-order valence-corrected chi connectivity index (χ3v) is 2.12. The minimum absolute atomic E-state index is 0.233. The van der Waals surface area contributed by atoms with Crippen LogP contribution in [0.5, 0.6) is 0 Å². The van der Waals surface area contributed by atoms with Crippen molar-refractivity contribution in [3.63, 3.8) is 0 Å². The van der Waals surface area contributed by atoms with Crippen LogP contribution in [0.15, 0.2) is 6.20 Å². The average molecular weight is 223 g/mol. The van der Waals surface area contributed by atoms with E-state index < -0.39 is 5.82 Å². The minimum Gasteiger partial charge on any atom is -0.357 e. The Kier molecular flexibility index (Phi) is 4.45. The maximum absolute atomic E-state index is 13.5. The van der Waals surface area contributed by atoms with Gasteiger partial charge in [0.2, 0.25) is 5.95 Å². The van der Waals surface area contributed by atoms with Crippen molar-refractivity contribution < 1.29 is 4.39 Å². The Labute approximate surface area is 93.9 Å². The van der Waals surface area contributed by atoms with Crippen LogP contribution in [0.25, 0.3) is 0 Å². The fourth-order valence-corrected chi connectivity index (χ4v) is 1.30. The molecule has 1 N–H and O–H groups in total. The number of hydrogen-bond donors (Lipinski definition) is 1. The van der Waals surface area contributed by atoms with Crippen LogP contribution in [0.4, 0.5) is 16.2 Å². The highest BCUT2D eigenvalue weighted by atomic mass is 19.1. The number of halogens is 1. The maximum Gasteiger partial charge on any atom is 0.224 e. The van der Waals surface area contributed by atoms with Gasteiger partial charge in [0.1, 0.15) is 0 Å². The molecule has 1 rings (SSSR count). The van der Waals surface area contributed by atoms with Gasteiger partial charge >= 0.3 is 0 Å². The molecule has 0 fully saturated rings. The molecule has 16 heavy (non-hydrogen) atoms. The SMILES string of the molecule is CCN(CCC#N)c1nc(NC)ncc1F. The van der Waals surface area contributed by atoms with Crippen molar-refractivity contribution in [1.29, 1.82) is 5.26 Å².